The number of hydrogen-bond acceptors (Lipinski definition) is 3. The fourth-order valence-electron chi connectivity index (χ4n) is 3.92. The zero-order valence-electron chi connectivity index (χ0n) is 16.9. The zero-order valence-corrected chi connectivity index (χ0v) is 16.9. The lowest BCUT2D eigenvalue weighted by molar-refractivity contribution is -0.143. The molecule has 1 aliphatic heterocycles. The van der Waals surface area contributed by atoms with Gasteiger partial charge in [0.25, 0.3) is 0 Å². The first-order valence-corrected chi connectivity index (χ1v) is 9.69. The number of carbonyl (C=O) groups excluding carboxylic acids is 1. The fraction of sp³-hybridized carbons (Fsp3) is 0.524. The summed E-state index contributed by atoms with van der Waals surface area (Å²) in [5, 5.41) is 4.07. The summed E-state index contributed by atoms with van der Waals surface area (Å²) in [6, 6.07) is 7.60. The smallest absolute Gasteiger partial charge is 0.377 e. The van der Waals surface area contributed by atoms with Crippen LogP contribution in [-0.4, -0.2) is 46.5 Å². The van der Waals surface area contributed by atoms with Gasteiger partial charge < -0.3 is 9.64 Å². The monoisotopic (exact) mass is 409 g/mol. The molecular formula is C21H26F3N3O2. The molecule has 1 saturated heterocycles. The molecule has 2 heterocycles. The molecule has 1 aromatic carbocycles. The highest BCUT2D eigenvalue weighted by atomic mass is 19.4. The Morgan fingerprint density at radius 1 is 1.28 bits per heavy atom. The van der Waals surface area contributed by atoms with Crippen molar-refractivity contribution in [2.24, 2.45) is 0 Å². The summed E-state index contributed by atoms with van der Waals surface area (Å²) in [4.78, 5) is 14.7. The van der Waals surface area contributed by atoms with Gasteiger partial charge in [-0.25, -0.2) is 0 Å². The molecule has 1 aromatic heterocycles. The number of hydrogen-bond donors (Lipinski definition) is 0. The first-order chi connectivity index (χ1) is 13.7. The standard InChI is InChI=1S/C21H26F3N3O2/c1-14-5-4-6-17(11-14)7-8-19(28)26-9-10-29-12-18(26)20-15(2)25-27(16(20)3)13-21(22,23)24/h4-6,11,18H,7-10,12-13H2,1-3H3/t18-/m0/s1. The summed E-state index contributed by atoms with van der Waals surface area (Å²) in [5.74, 6) is -0.0258. The van der Waals surface area contributed by atoms with Crippen molar-refractivity contribution in [2.75, 3.05) is 19.8 Å². The van der Waals surface area contributed by atoms with Crippen molar-refractivity contribution in [1.29, 1.82) is 0 Å². The van der Waals surface area contributed by atoms with E-state index in [1.54, 1.807) is 18.7 Å². The minimum Gasteiger partial charge on any atom is -0.377 e. The quantitative estimate of drug-likeness (QED) is 0.753. The van der Waals surface area contributed by atoms with Crippen LogP contribution < -0.4 is 0 Å². The van der Waals surface area contributed by atoms with Crippen LogP contribution >= 0.6 is 0 Å². The molecule has 1 atom stereocenters. The molecule has 0 radical (unpaired) electrons. The number of aryl methyl sites for hydroxylation is 3. The molecular weight excluding hydrogens is 383 g/mol. The van der Waals surface area contributed by atoms with Gasteiger partial charge in [-0.15, -0.1) is 0 Å². The van der Waals surface area contributed by atoms with Crippen LogP contribution in [0.4, 0.5) is 13.2 Å². The minimum absolute atomic E-state index is 0.0258. The van der Waals surface area contributed by atoms with Crippen molar-refractivity contribution in [3.8, 4) is 0 Å². The van der Waals surface area contributed by atoms with Crippen LogP contribution in [-0.2, 0) is 22.5 Å². The van der Waals surface area contributed by atoms with E-state index in [1.165, 1.54) is 0 Å². The SMILES string of the molecule is Cc1cccc(CCC(=O)N2CCOC[C@H]2c2c(C)nn(CC(F)(F)F)c2C)c1. The molecule has 29 heavy (non-hydrogen) atoms. The lowest BCUT2D eigenvalue weighted by atomic mass is 10.0. The maximum absolute atomic E-state index is 13.0. The van der Waals surface area contributed by atoms with E-state index in [4.69, 9.17) is 4.74 Å². The number of amides is 1. The Morgan fingerprint density at radius 2 is 2.03 bits per heavy atom. The Balaban J connectivity index is 1.78. The van der Waals surface area contributed by atoms with Gasteiger partial charge >= 0.3 is 6.18 Å². The molecule has 158 valence electrons. The molecule has 0 saturated carbocycles. The van der Waals surface area contributed by atoms with Crippen LogP contribution in [0.5, 0.6) is 0 Å². The van der Waals surface area contributed by atoms with Crippen LogP contribution in [0.2, 0.25) is 0 Å². The topological polar surface area (TPSA) is 47.4 Å². The van der Waals surface area contributed by atoms with Crippen LogP contribution in [0.3, 0.4) is 0 Å². The minimum atomic E-state index is -4.35. The number of carbonyl (C=O) groups is 1. The summed E-state index contributed by atoms with van der Waals surface area (Å²) >= 11 is 0. The third-order valence-corrected chi connectivity index (χ3v) is 5.26. The van der Waals surface area contributed by atoms with Crippen molar-refractivity contribution >= 4 is 5.91 Å². The number of alkyl halides is 3. The second-order valence-corrected chi connectivity index (χ2v) is 7.52. The van der Waals surface area contributed by atoms with Crippen molar-refractivity contribution in [1.82, 2.24) is 14.7 Å². The van der Waals surface area contributed by atoms with Gasteiger partial charge in [-0.1, -0.05) is 29.8 Å². The van der Waals surface area contributed by atoms with Crippen molar-refractivity contribution < 1.29 is 22.7 Å². The van der Waals surface area contributed by atoms with Gasteiger partial charge in [0.15, 0.2) is 0 Å². The van der Waals surface area contributed by atoms with Gasteiger partial charge in [0, 0.05) is 24.2 Å². The maximum atomic E-state index is 13.0. The third-order valence-electron chi connectivity index (χ3n) is 5.26. The lowest BCUT2D eigenvalue weighted by Crippen LogP contribution is -2.44. The summed E-state index contributed by atoms with van der Waals surface area (Å²) in [5.41, 5.74) is 3.81. The highest BCUT2D eigenvalue weighted by molar-refractivity contribution is 5.77. The summed E-state index contributed by atoms with van der Waals surface area (Å²) in [7, 11) is 0. The average molecular weight is 409 g/mol. The highest BCUT2D eigenvalue weighted by Gasteiger charge is 2.35. The van der Waals surface area contributed by atoms with Crippen molar-refractivity contribution in [2.45, 2.75) is 52.4 Å². The first-order valence-electron chi connectivity index (χ1n) is 9.69. The Morgan fingerprint density at radius 3 is 2.72 bits per heavy atom. The first kappa shape index (κ1) is 21.4. The van der Waals surface area contributed by atoms with Crippen LogP contribution in [0, 0.1) is 20.8 Å². The molecule has 1 amide bonds. The fourth-order valence-corrected chi connectivity index (χ4v) is 3.92. The largest absolute Gasteiger partial charge is 0.408 e. The Labute approximate surface area is 168 Å². The number of morpholine rings is 1. The molecule has 0 unspecified atom stereocenters. The number of ether oxygens (including phenoxy) is 1. The summed E-state index contributed by atoms with van der Waals surface area (Å²) in [6.07, 6.45) is -3.39. The van der Waals surface area contributed by atoms with Crippen LogP contribution in [0.25, 0.3) is 0 Å². The molecule has 8 heteroatoms. The van der Waals surface area contributed by atoms with Gasteiger partial charge in [0.2, 0.25) is 5.91 Å². The Kier molecular flexibility index (Phi) is 6.31. The normalized spacial score (nSPS) is 17.6. The second kappa shape index (κ2) is 8.57. The lowest BCUT2D eigenvalue weighted by Gasteiger charge is -2.36. The van der Waals surface area contributed by atoms with Crippen molar-refractivity contribution in [3.05, 3.63) is 52.3 Å². The maximum Gasteiger partial charge on any atom is 0.408 e. The number of rotatable bonds is 5. The van der Waals surface area contributed by atoms with E-state index in [1.807, 2.05) is 25.1 Å². The second-order valence-electron chi connectivity index (χ2n) is 7.52. The number of aromatic nitrogens is 2. The van der Waals surface area contributed by atoms with E-state index in [-0.39, 0.29) is 12.5 Å². The Hall–Kier alpha value is -2.35. The molecule has 0 aliphatic carbocycles. The third kappa shape index (κ3) is 5.18. The number of halogens is 3. The molecule has 3 rings (SSSR count). The van der Waals surface area contributed by atoms with E-state index < -0.39 is 18.8 Å². The van der Waals surface area contributed by atoms with E-state index in [0.717, 1.165) is 15.8 Å². The summed E-state index contributed by atoms with van der Waals surface area (Å²) < 4.78 is 45.1. The predicted molar refractivity (Wildman–Crippen MR) is 103 cm³/mol. The molecule has 5 nitrogen and oxygen atoms in total. The van der Waals surface area contributed by atoms with E-state index in [2.05, 4.69) is 11.2 Å². The van der Waals surface area contributed by atoms with Gasteiger partial charge in [-0.2, -0.15) is 18.3 Å². The van der Waals surface area contributed by atoms with Crippen LogP contribution in [0.15, 0.2) is 24.3 Å². The van der Waals surface area contributed by atoms with E-state index in [0.29, 0.717) is 42.9 Å². The molecule has 0 bridgehead atoms. The summed E-state index contributed by atoms with van der Waals surface area (Å²) in [6.45, 7) is 5.25. The molecule has 1 aliphatic rings. The van der Waals surface area contributed by atoms with Crippen molar-refractivity contribution in [3.63, 3.8) is 0 Å². The predicted octanol–water partition coefficient (Wildman–Crippen LogP) is 3.90. The molecule has 0 spiro atoms. The van der Waals surface area contributed by atoms with E-state index in [9.17, 15) is 18.0 Å². The molecule has 1 fully saturated rings. The van der Waals surface area contributed by atoms with Gasteiger partial charge in [0.05, 0.1) is 24.9 Å². The number of benzene rings is 1. The zero-order chi connectivity index (χ0) is 21.2. The van der Waals surface area contributed by atoms with Crippen LogP contribution in [0.1, 0.15) is 40.5 Å². The highest BCUT2D eigenvalue weighted by Crippen LogP contribution is 2.31. The molecule has 0 N–H and O–H groups in total. The number of nitrogens with zero attached hydrogens (tertiary/aromatic N) is 3. The molecule has 2 aromatic rings. The van der Waals surface area contributed by atoms with E-state index >= 15 is 0 Å². The van der Waals surface area contributed by atoms with Gasteiger partial charge in [0.1, 0.15) is 6.54 Å². The average Bonchev–Trinajstić information content (AvgIpc) is 2.91. The van der Waals surface area contributed by atoms with Gasteiger partial charge in [-0.05, 0) is 32.8 Å². The van der Waals surface area contributed by atoms with Gasteiger partial charge in [-0.3, -0.25) is 9.48 Å². The Bertz CT molecular complexity index is 877.